The summed E-state index contributed by atoms with van der Waals surface area (Å²) in [5, 5.41) is 9.24. The Morgan fingerprint density at radius 3 is 2.67 bits per heavy atom. The fourth-order valence-electron chi connectivity index (χ4n) is 2.85. The molecule has 1 N–H and O–H groups in total. The molecule has 1 heterocycles. The summed E-state index contributed by atoms with van der Waals surface area (Å²) in [6.45, 7) is 5.15. The molecule has 0 radical (unpaired) electrons. The van der Waals surface area contributed by atoms with Crippen LogP contribution < -0.4 is 0 Å². The number of unbranched alkanes of at least 4 members (excludes halogenated alkanes) is 3. The van der Waals surface area contributed by atoms with Crippen molar-refractivity contribution in [2.45, 2.75) is 58.5 Å². The third-order valence-corrected chi connectivity index (χ3v) is 4.51. The summed E-state index contributed by atoms with van der Waals surface area (Å²) < 4.78 is 20.1. The van der Waals surface area contributed by atoms with Gasteiger partial charge in [0, 0.05) is 30.0 Å². The highest BCUT2D eigenvalue weighted by molar-refractivity contribution is 5.65. The van der Waals surface area contributed by atoms with E-state index in [9.17, 15) is 9.50 Å². The van der Waals surface area contributed by atoms with E-state index in [-0.39, 0.29) is 17.8 Å². The lowest BCUT2D eigenvalue weighted by Gasteiger charge is -2.12. The van der Waals surface area contributed by atoms with Crippen molar-refractivity contribution in [3.63, 3.8) is 0 Å². The van der Waals surface area contributed by atoms with Gasteiger partial charge in [-0.3, -0.25) is 0 Å². The molecular weight excluding hydrogens is 341 g/mol. The summed E-state index contributed by atoms with van der Waals surface area (Å²) >= 11 is 0. The number of aromatic nitrogens is 1. The van der Waals surface area contributed by atoms with E-state index in [0.29, 0.717) is 5.56 Å². The third-order valence-electron chi connectivity index (χ3n) is 4.51. The van der Waals surface area contributed by atoms with Gasteiger partial charge >= 0.3 is 0 Å². The molecule has 146 valence electrons. The number of pyridine rings is 1. The highest BCUT2D eigenvalue weighted by Gasteiger charge is 2.04. The van der Waals surface area contributed by atoms with E-state index < -0.39 is 0 Å². The summed E-state index contributed by atoms with van der Waals surface area (Å²) in [6.07, 6.45) is 12.2. The summed E-state index contributed by atoms with van der Waals surface area (Å²) in [7, 11) is 0. The van der Waals surface area contributed by atoms with Gasteiger partial charge in [-0.1, -0.05) is 44.1 Å². The van der Waals surface area contributed by atoms with E-state index in [0.717, 1.165) is 43.4 Å². The van der Waals surface area contributed by atoms with Gasteiger partial charge < -0.3 is 9.84 Å². The van der Waals surface area contributed by atoms with Gasteiger partial charge in [-0.05, 0) is 50.3 Å². The van der Waals surface area contributed by atoms with E-state index in [1.807, 2.05) is 18.2 Å². The first-order chi connectivity index (χ1) is 13.1. The molecule has 0 aliphatic rings. The number of benzene rings is 1. The molecule has 27 heavy (non-hydrogen) atoms. The Morgan fingerprint density at radius 2 is 1.96 bits per heavy atom. The zero-order valence-corrected chi connectivity index (χ0v) is 16.3. The van der Waals surface area contributed by atoms with Crippen LogP contribution in [0.25, 0.3) is 17.2 Å². The second kappa shape index (κ2) is 11.5. The van der Waals surface area contributed by atoms with Crippen molar-refractivity contribution in [3.05, 3.63) is 54.0 Å². The molecule has 1 atom stereocenters. The Kier molecular flexibility index (Phi) is 8.99. The smallest absolute Gasteiger partial charge is 0.210 e. The van der Waals surface area contributed by atoms with Crippen LogP contribution in [0.2, 0.25) is 0 Å². The number of rotatable bonds is 11. The van der Waals surface area contributed by atoms with Crippen LogP contribution in [0, 0.1) is 5.82 Å². The summed E-state index contributed by atoms with van der Waals surface area (Å²) in [4.78, 5) is 3.83. The van der Waals surface area contributed by atoms with E-state index in [2.05, 4.69) is 18.8 Å². The topological polar surface area (TPSA) is 42.4 Å². The lowest BCUT2D eigenvalue weighted by molar-refractivity contribution is 0.0566. The maximum atomic E-state index is 14.3. The fourth-order valence-corrected chi connectivity index (χ4v) is 2.85. The van der Waals surface area contributed by atoms with Crippen LogP contribution >= 0.6 is 0 Å². The monoisotopic (exact) mass is 371 g/mol. The van der Waals surface area contributed by atoms with Gasteiger partial charge in [0.05, 0.1) is 6.10 Å². The first kappa shape index (κ1) is 21.1. The number of aromatic hydroxyl groups is 1. The minimum Gasteiger partial charge on any atom is -0.493 e. The zero-order valence-electron chi connectivity index (χ0n) is 16.3. The van der Waals surface area contributed by atoms with Crippen LogP contribution in [0.3, 0.4) is 0 Å². The predicted molar refractivity (Wildman–Crippen MR) is 109 cm³/mol. The fraction of sp³-hybridized carbons (Fsp3) is 0.435. The average Bonchev–Trinajstić information content (AvgIpc) is 2.66. The molecule has 1 unspecified atom stereocenters. The van der Waals surface area contributed by atoms with Gasteiger partial charge in [0.2, 0.25) is 5.88 Å². The highest BCUT2D eigenvalue weighted by atomic mass is 19.1. The molecule has 0 spiro atoms. The molecular formula is C23H30FNO2. The van der Waals surface area contributed by atoms with Crippen molar-refractivity contribution in [2.75, 3.05) is 6.61 Å². The second-order valence-corrected chi connectivity index (χ2v) is 6.86. The number of hydrogen-bond donors (Lipinski definition) is 1. The molecule has 0 bridgehead atoms. The van der Waals surface area contributed by atoms with Crippen LogP contribution in [-0.4, -0.2) is 22.8 Å². The highest BCUT2D eigenvalue weighted by Crippen LogP contribution is 2.23. The molecule has 2 aromatic rings. The quantitative estimate of drug-likeness (QED) is 0.467. The molecule has 0 amide bonds. The van der Waals surface area contributed by atoms with E-state index in [1.165, 1.54) is 31.2 Å². The molecule has 0 aliphatic carbocycles. The molecule has 3 nitrogen and oxygen atoms in total. The first-order valence-corrected chi connectivity index (χ1v) is 9.83. The molecule has 1 aromatic carbocycles. The molecule has 1 aromatic heterocycles. The van der Waals surface area contributed by atoms with Crippen LogP contribution in [0.5, 0.6) is 5.88 Å². The van der Waals surface area contributed by atoms with Gasteiger partial charge in [0.15, 0.2) is 0 Å². The van der Waals surface area contributed by atoms with Crippen molar-refractivity contribution < 1.29 is 14.2 Å². The SMILES string of the molecule is CCCCCOC(C)CCC/C=C/c1ccc(-c2ccc(O)nc2)cc1F. The Morgan fingerprint density at radius 1 is 1.15 bits per heavy atom. The summed E-state index contributed by atoms with van der Waals surface area (Å²) in [5.74, 6) is -0.302. The van der Waals surface area contributed by atoms with Gasteiger partial charge in [-0.25, -0.2) is 9.37 Å². The van der Waals surface area contributed by atoms with Crippen molar-refractivity contribution >= 4 is 6.08 Å². The Labute approximate surface area is 161 Å². The van der Waals surface area contributed by atoms with Crippen LogP contribution in [0.15, 0.2) is 42.6 Å². The maximum Gasteiger partial charge on any atom is 0.210 e. The minimum atomic E-state index is -0.260. The van der Waals surface area contributed by atoms with Gasteiger partial charge in [0.25, 0.3) is 0 Å². The standard InChI is InChI=1S/C23H30FNO2/c1-3-4-8-15-27-18(2)9-6-5-7-10-19-11-12-20(16-22(19)24)21-13-14-23(26)25-17-21/h7,10-14,16-18H,3-6,8-9,15H2,1-2H3,(H,25,26)/b10-7+. The van der Waals surface area contributed by atoms with Crippen molar-refractivity contribution in [1.82, 2.24) is 4.98 Å². The Balaban J connectivity index is 1.77. The number of halogens is 1. The van der Waals surface area contributed by atoms with Crippen LogP contribution in [0.1, 0.15) is 57.9 Å². The van der Waals surface area contributed by atoms with Crippen LogP contribution in [-0.2, 0) is 4.74 Å². The lowest BCUT2D eigenvalue weighted by atomic mass is 10.0. The molecule has 2 rings (SSSR count). The largest absolute Gasteiger partial charge is 0.493 e. The normalized spacial score (nSPS) is 12.6. The lowest BCUT2D eigenvalue weighted by Crippen LogP contribution is -2.08. The van der Waals surface area contributed by atoms with E-state index >= 15 is 0 Å². The van der Waals surface area contributed by atoms with Gasteiger partial charge in [-0.2, -0.15) is 0 Å². The predicted octanol–water partition coefficient (Wildman–Crippen LogP) is 6.37. The second-order valence-electron chi connectivity index (χ2n) is 6.86. The molecule has 4 heteroatoms. The maximum absolute atomic E-state index is 14.3. The van der Waals surface area contributed by atoms with Crippen molar-refractivity contribution in [1.29, 1.82) is 0 Å². The van der Waals surface area contributed by atoms with Gasteiger partial charge in [-0.15, -0.1) is 0 Å². The number of allylic oxidation sites excluding steroid dienone is 1. The molecule has 0 saturated heterocycles. The number of nitrogens with zero attached hydrogens (tertiary/aromatic N) is 1. The van der Waals surface area contributed by atoms with Gasteiger partial charge in [0.1, 0.15) is 5.82 Å². The number of hydrogen-bond acceptors (Lipinski definition) is 3. The Bertz CT molecular complexity index is 713. The summed E-state index contributed by atoms with van der Waals surface area (Å²) in [6, 6.07) is 8.35. The third kappa shape index (κ3) is 7.51. The molecule has 0 fully saturated rings. The summed E-state index contributed by atoms with van der Waals surface area (Å²) in [5.41, 5.74) is 2.09. The van der Waals surface area contributed by atoms with E-state index in [4.69, 9.17) is 4.74 Å². The van der Waals surface area contributed by atoms with Crippen molar-refractivity contribution in [3.8, 4) is 17.0 Å². The Hall–Kier alpha value is -2.20. The number of ether oxygens (including phenoxy) is 1. The molecule has 0 aliphatic heterocycles. The van der Waals surface area contributed by atoms with Crippen molar-refractivity contribution in [2.24, 2.45) is 0 Å². The first-order valence-electron chi connectivity index (χ1n) is 9.83. The minimum absolute atomic E-state index is 0.0422. The van der Waals surface area contributed by atoms with E-state index in [1.54, 1.807) is 12.1 Å². The molecule has 0 saturated carbocycles. The van der Waals surface area contributed by atoms with Crippen LogP contribution in [0.4, 0.5) is 4.39 Å². The average molecular weight is 371 g/mol. The zero-order chi connectivity index (χ0) is 19.5.